The van der Waals surface area contributed by atoms with E-state index in [1.165, 1.54) is 0 Å². The third-order valence-corrected chi connectivity index (χ3v) is 6.28. The van der Waals surface area contributed by atoms with E-state index in [1.807, 2.05) is 24.8 Å². The molecule has 3 aliphatic rings. The lowest BCUT2D eigenvalue weighted by atomic mass is 9.80. The van der Waals surface area contributed by atoms with Crippen molar-refractivity contribution in [3.63, 3.8) is 0 Å². The fourth-order valence-corrected chi connectivity index (χ4v) is 4.66. The van der Waals surface area contributed by atoms with Gasteiger partial charge in [0, 0.05) is 19.0 Å². The summed E-state index contributed by atoms with van der Waals surface area (Å²) in [6.45, 7) is 5.11. The van der Waals surface area contributed by atoms with Crippen LogP contribution in [0.25, 0.3) is 0 Å². The molecule has 136 valence electrons. The number of hydrogen-bond acceptors (Lipinski definition) is 6. The zero-order valence-corrected chi connectivity index (χ0v) is 15.2. The van der Waals surface area contributed by atoms with E-state index in [0.29, 0.717) is 29.6 Å². The third-order valence-electron chi connectivity index (χ3n) is 6.28. The molecule has 3 heterocycles. The number of aromatic nitrogens is 4. The maximum absolute atomic E-state index is 13.1. The molecule has 2 atom stereocenters. The Morgan fingerprint density at radius 2 is 2.04 bits per heavy atom. The molecular formula is C19H23N5O2. The Morgan fingerprint density at radius 3 is 2.85 bits per heavy atom. The zero-order chi connectivity index (χ0) is 17.9. The molecule has 0 bridgehead atoms. The molecule has 0 radical (unpaired) electrons. The largest absolute Gasteiger partial charge is 0.424 e. The normalized spacial score (nSPS) is 27.8. The highest BCUT2D eigenvalue weighted by Gasteiger charge is 2.55. The predicted octanol–water partition coefficient (Wildman–Crippen LogP) is 2.55. The summed E-state index contributed by atoms with van der Waals surface area (Å²) in [5.41, 5.74) is 1.93. The lowest BCUT2D eigenvalue weighted by molar-refractivity contribution is 0.0774. The van der Waals surface area contributed by atoms with Gasteiger partial charge in [0.05, 0.1) is 22.4 Å². The highest BCUT2D eigenvalue weighted by Crippen LogP contribution is 2.51. The first-order chi connectivity index (χ1) is 12.6. The summed E-state index contributed by atoms with van der Waals surface area (Å²) in [5, 5.41) is 16.9. The second-order valence-electron chi connectivity index (χ2n) is 8.14. The monoisotopic (exact) mass is 353 g/mol. The molecule has 7 heteroatoms. The van der Waals surface area contributed by atoms with Gasteiger partial charge in [0.1, 0.15) is 0 Å². The summed E-state index contributed by atoms with van der Waals surface area (Å²) in [4.78, 5) is 15.1. The smallest absolute Gasteiger partial charge is 0.255 e. The Hall–Kier alpha value is -2.31. The Balaban J connectivity index is 1.45. The quantitative estimate of drug-likeness (QED) is 0.843. The highest BCUT2D eigenvalue weighted by molar-refractivity contribution is 5.95. The van der Waals surface area contributed by atoms with Crippen molar-refractivity contribution in [2.24, 2.45) is 5.92 Å². The minimum absolute atomic E-state index is 0.0382. The summed E-state index contributed by atoms with van der Waals surface area (Å²) in [6.07, 6.45) is 5.58. The molecule has 26 heavy (non-hydrogen) atoms. The number of fused-ring (bicyclic) bond motifs is 1. The molecule has 0 unspecified atom stereocenters. The second-order valence-corrected chi connectivity index (χ2v) is 8.14. The van der Waals surface area contributed by atoms with Gasteiger partial charge in [-0.1, -0.05) is 6.42 Å². The van der Waals surface area contributed by atoms with Crippen LogP contribution in [0.4, 0.5) is 0 Å². The summed E-state index contributed by atoms with van der Waals surface area (Å²) < 4.78 is 6.09. The lowest BCUT2D eigenvalue weighted by Gasteiger charge is -2.24. The van der Waals surface area contributed by atoms with Gasteiger partial charge in [0.15, 0.2) is 0 Å². The number of likely N-dealkylation sites (tertiary alicyclic amines) is 1. The van der Waals surface area contributed by atoms with Gasteiger partial charge < -0.3 is 9.32 Å². The van der Waals surface area contributed by atoms with E-state index in [-0.39, 0.29) is 11.3 Å². The van der Waals surface area contributed by atoms with Gasteiger partial charge in [-0.3, -0.25) is 4.79 Å². The molecule has 2 aliphatic carbocycles. The van der Waals surface area contributed by atoms with Crippen molar-refractivity contribution in [2.75, 3.05) is 13.1 Å². The van der Waals surface area contributed by atoms with Crippen LogP contribution in [0.5, 0.6) is 0 Å². The van der Waals surface area contributed by atoms with Crippen molar-refractivity contribution >= 4 is 5.91 Å². The van der Waals surface area contributed by atoms with Gasteiger partial charge in [-0.2, -0.15) is 10.2 Å². The number of hydrogen-bond donors (Lipinski definition) is 0. The van der Waals surface area contributed by atoms with E-state index in [2.05, 4.69) is 20.4 Å². The van der Waals surface area contributed by atoms with E-state index in [0.717, 1.165) is 56.1 Å². The molecule has 7 nitrogen and oxygen atoms in total. The van der Waals surface area contributed by atoms with E-state index in [1.54, 1.807) is 0 Å². The second kappa shape index (κ2) is 5.59. The topological polar surface area (TPSA) is 85.0 Å². The first-order valence-electron chi connectivity index (χ1n) is 9.51. The molecule has 2 aromatic rings. The highest BCUT2D eigenvalue weighted by atomic mass is 16.4. The maximum Gasteiger partial charge on any atom is 0.255 e. The van der Waals surface area contributed by atoms with E-state index < -0.39 is 0 Å². The fourth-order valence-electron chi connectivity index (χ4n) is 4.66. The van der Waals surface area contributed by atoms with Crippen LogP contribution in [-0.4, -0.2) is 44.3 Å². The van der Waals surface area contributed by atoms with Crippen LogP contribution < -0.4 is 0 Å². The summed E-state index contributed by atoms with van der Waals surface area (Å²) in [5.74, 6) is 2.43. The van der Waals surface area contributed by atoms with E-state index in [9.17, 15) is 4.79 Å². The Kier molecular flexibility index (Phi) is 3.42. The van der Waals surface area contributed by atoms with Crippen LogP contribution in [0.15, 0.2) is 10.5 Å². The maximum atomic E-state index is 13.1. The first kappa shape index (κ1) is 15.9. The fraction of sp³-hybridized carbons (Fsp3) is 0.632. The van der Waals surface area contributed by atoms with Crippen LogP contribution in [-0.2, 0) is 5.41 Å². The van der Waals surface area contributed by atoms with Gasteiger partial charge in [-0.25, -0.2) is 0 Å². The molecule has 1 saturated heterocycles. The first-order valence-corrected chi connectivity index (χ1v) is 9.51. The van der Waals surface area contributed by atoms with Gasteiger partial charge in [-0.05, 0) is 51.5 Å². The molecule has 1 amide bonds. The molecular weight excluding hydrogens is 330 g/mol. The molecule has 5 rings (SSSR count). The Labute approximate surface area is 152 Å². The minimum Gasteiger partial charge on any atom is -0.424 e. The minimum atomic E-state index is -0.167. The standard InChI is InChI=1S/C19H23N5O2/c1-11-8-15(12(2)21-20-11)17(25)24-9-14-4-3-7-19(14,10-24)18-23-22-16(26-18)13-5-6-13/h8,13-14H,3-7,9-10H2,1-2H3/t14-,19-/m0/s1. The van der Waals surface area contributed by atoms with Gasteiger partial charge >= 0.3 is 0 Å². The molecule has 3 fully saturated rings. The number of rotatable bonds is 3. The molecule has 0 N–H and O–H groups in total. The predicted molar refractivity (Wildman–Crippen MR) is 92.7 cm³/mol. The van der Waals surface area contributed by atoms with Crippen LogP contribution >= 0.6 is 0 Å². The van der Waals surface area contributed by atoms with Crippen molar-refractivity contribution in [1.29, 1.82) is 0 Å². The summed E-state index contributed by atoms with van der Waals surface area (Å²) in [7, 11) is 0. The van der Waals surface area contributed by atoms with Crippen LogP contribution in [0, 0.1) is 19.8 Å². The Morgan fingerprint density at radius 1 is 1.19 bits per heavy atom. The van der Waals surface area contributed by atoms with Crippen molar-refractivity contribution in [3.8, 4) is 0 Å². The molecule has 2 saturated carbocycles. The average Bonchev–Trinajstić information content (AvgIpc) is 3.05. The SMILES string of the molecule is Cc1cc(C(=O)N2C[C@@H]3CCC[C@]3(c3nnc(C4CC4)o3)C2)c(C)nn1. The number of nitrogens with zero attached hydrogens (tertiary/aromatic N) is 5. The number of carbonyl (C=O) groups excluding carboxylic acids is 1. The zero-order valence-electron chi connectivity index (χ0n) is 15.2. The van der Waals surface area contributed by atoms with Crippen molar-refractivity contribution in [1.82, 2.24) is 25.3 Å². The van der Waals surface area contributed by atoms with Gasteiger partial charge in [0.25, 0.3) is 5.91 Å². The van der Waals surface area contributed by atoms with Crippen molar-refractivity contribution in [2.45, 2.75) is 57.3 Å². The van der Waals surface area contributed by atoms with Gasteiger partial charge in [0.2, 0.25) is 11.8 Å². The number of carbonyl (C=O) groups is 1. The molecule has 0 aromatic carbocycles. The van der Waals surface area contributed by atoms with Crippen molar-refractivity contribution in [3.05, 3.63) is 34.8 Å². The third kappa shape index (κ3) is 2.36. The van der Waals surface area contributed by atoms with Crippen LogP contribution in [0.1, 0.15) is 71.5 Å². The van der Waals surface area contributed by atoms with E-state index in [4.69, 9.17) is 4.42 Å². The van der Waals surface area contributed by atoms with Crippen LogP contribution in [0.3, 0.4) is 0 Å². The molecule has 2 aromatic heterocycles. The lowest BCUT2D eigenvalue weighted by Crippen LogP contribution is -2.35. The average molecular weight is 353 g/mol. The van der Waals surface area contributed by atoms with E-state index >= 15 is 0 Å². The number of amides is 1. The van der Waals surface area contributed by atoms with Crippen molar-refractivity contribution < 1.29 is 9.21 Å². The van der Waals surface area contributed by atoms with Gasteiger partial charge in [-0.15, -0.1) is 10.2 Å². The van der Waals surface area contributed by atoms with Crippen LogP contribution in [0.2, 0.25) is 0 Å². The Bertz CT molecular complexity index is 875. The number of aryl methyl sites for hydroxylation is 2. The summed E-state index contributed by atoms with van der Waals surface area (Å²) in [6, 6.07) is 1.84. The summed E-state index contributed by atoms with van der Waals surface area (Å²) >= 11 is 0. The molecule has 1 aliphatic heterocycles. The molecule has 0 spiro atoms.